The number of rotatable bonds is 10. The van der Waals surface area contributed by atoms with Crippen LogP contribution in [0, 0.1) is 20.2 Å². The molecule has 29 heavy (non-hydrogen) atoms. The molecular formula is C17H16N4O8. The second kappa shape index (κ2) is 9.64. The number of nitro benzene ring substituents is 2. The second-order valence-electron chi connectivity index (χ2n) is 5.38. The maximum absolute atomic E-state index is 11.1. The van der Waals surface area contributed by atoms with E-state index in [-0.39, 0.29) is 11.4 Å². The molecule has 2 N–H and O–H groups in total. The Bertz CT molecular complexity index is 960. The molecule has 0 fully saturated rings. The Morgan fingerprint density at radius 1 is 1.21 bits per heavy atom. The number of hydrogen-bond donors (Lipinski definition) is 2. The minimum absolute atomic E-state index is 0.0641. The Morgan fingerprint density at radius 3 is 2.59 bits per heavy atom. The molecule has 0 spiro atoms. The highest BCUT2D eigenvalue weighted by Gasteiger charge is 2.19. The molecule has 0 aliphatic rings. The largest absolute Gasteiger partial charge is 0.490 e. The van der Waals surface area contributed by atoms with Gasteiger partial charge in [-0.3, -0.25) is 25.7 Å². The van der Waals surface area contributed by atoms with E-state index < -0.39 is 33.8 Å². The van der Waals surface area contributed by atoms with E-state index in [4.69, 9.17) is 14.6 Å². The maximum atomic E-state index is 11.1. The molecule has 0 aliphatic heterocycles. The maximum Gasteiger partial charge on any atom is 0.341 e. The molecule has 0 saturated carbocycles. The summed E-state index contributed by atoms with van der Waals surface area (Å²) < 4.78 is 10.7. The molecule has 0 unspecified atom stereocenters. The zero-order valence-corrected chi connectivity index (χ0v) is 15.1. The number of nitrogens with zero attached hydrogens (tertiary/aromatic N) is 3. The number of hydrazone groups is 1. The molecule has 0 bridgehead atoms. The van der Waals surface area contributed by atoms with Crippen molar-refractivity contribution >= 4 is 29.2 Å². The van der Waals surface area contributed by atoms with Gasteiger partial charge in [-0.15, -0.1) is 0 Å². The highest BCUT2D eigenvalue weighted by molar-refractivity contribution is 5.86. The number of benzene rings is 2. The quantitative estimate of drug-likeness (QED) is 0.344. The number of ether oxygens (including phenoxy) is 2. The number of carbonyl (C=O) groups is 1. The first kappa shape index (κ1) is 21.1. The Morgan fingerprint density at radius 2 is 1.97 bits per heavy atom. The van der Waals surface area contributed by atoms with E-state index >= 15 is 0 Å². The SMILES string of the molecule is CCOc1cccc(/C=N/Nc2ccc([N+](=O)[O-])cc2[N+](=O)[O-])c1OCC(=O)O. The summed E-state index contributed by atoms with van der Waals surface area (Å²) in [5.74, 6) is -0.738. The van der Waals surface area contributed by atoms with E-state index in [9.17, 15) is 25.0 Å². The molecule has 0 radical (unpaired) electrons. The van der Waals surface area contributed by atoms with Gasteiger partial charge in [-0.1, -0.05) is 6.07 Å². The third-order valence-electron chi connectivity index (χ3n) is 3.43. The van der Waals surface area contributed by atoms with Gasteiger partial charge in [-0.2, -0.15) is 5.10 Å². The Labute approximate surface area is 163 Å². The third kappa shape index (κ3) is 5.63. The summed E-state index contributed by atoms with van der Waals surface area (Å²) in [7, 11) is 0. The molecule has 0 aromatic heterocycles. The lowest BCUT2D eigenvalue weighted by Gasteiger charge is -2.12. The fraction of sp³-hybridized carbons (Fsp3) is 0.176. The van der Waals surface area contributed by atoms with Crippen LogP contribution < -0.4 is 14.9 Å². The van der Waals surface area contributed by atoms with Gasteiger partial charge in [0.05, 0.1) is 28.7 Å². The molecule has 152 valence electrons. The summed E-state index contributed by atoms with van der Waals surface area (Å²) in [6.45, 7) is 1.46. The summed E-state index contributed by atoms with van der Waals surface area (Å²) in [5, 5.41) is 34.6. The van der Waals surface area contributed by atoms with Gasteiger partial charge in [0.25, 0.3) is 5.69 Å². The zero-order valence-electron chi connectivity index (χ0n) is 15.1. The summed E-state index contributed by atoms with van der Waals surface area (Å²) in [4.78, 5) is 31.2. The van der Waals surface area contributed by atoms with Crippen LogP contribution in [0.5, 0.6) is 11.5 Å². The van der Waals surface area contributed by atoms with Gasteiger partial charge in [0.2, 0.25) is 0 Å². The van der Waals surface area contributed by atoms with Crippen molar-refractivity contribution in [3.63, 3.8) is 0 Å². The average molecular weight is 404 g/mol. The van der Waals surface area contributed by atoms with E-state index in [1.165, 1.54) is 6.21 Å². The Hall–Kier alpha value is -4.22. The van der Waals surface area contributed by atoms with Crippen LogP contribution in [-0.2, 0) is 4.79 Å². The highest BCUT2D eigenvalue weighted by atomic mass is 16.6. The van der Waals surface area contributed by atoms with Crippen LogP contribution in [0.1, 0.15) is 12.5 Å². The van der Waals surface area contributed by atoms with Crippen molar-refractivity contribution in [1.82, 2.24) is 0 Å². The fourth-order valence-corrected chi connectivity index (χ4v) is 2.24. The molecule has 0 atom stereocenters. The van der Waals surface area contributed by atoms with Crippen molar-refractivity contribution in [2.75, 3.05) is 18.6 Å². The standard InChI is InChI=1S/C17H16N4O8/c1-2-28-15-5-3-4-11(17(15)29-10-16(22)23)9-18-19-13-7-6-12(20(24)25)8-14(13)21(26)27/h3-9,19H,2,10H2,1H3,(H,22,23)/b18-9+. The monoisotopic (exact) mass is 404 g/mol. The van der Waals surface area contributed by atoms with Crippen molar-refractivity contribution in [1.29, 1.82) is 0 Å². The molecule has 0 heterocycles. The topological polar surface area (TPSA) is 166 Å². The number of carboxylic acids is 1. The molecule has 2 rings (SSSR count). The van der Waals surface area contributed by atoms with Crippen LogP contribution in [0.2, 0.25) is 0 Å². The zero-order chi connectivity index (χ0) is 21.4. The molecule has 12 nitrogen and oxygen atoms in total. The number of nitrogens with one attached hydrogen (secondary N) is 1. The molecule has 12 heteroatoms. The first-order chi connectivity index (χ1) is 13.8. The Balaban J connectivity index is 2.30. The van der Waals surface area contributed by atoms with Gasteiger partial charge < -0.3 is 14.6 Å². The number of anilines is 1. The van der Waals surface area contributed by atoms with Crippen LogP contribution in [0.3, 0.4) is 0 Å². The minimum Gasteiger partial charge on any atom is -0.490 e. The van der Waals surface area contributed by atoms with E-state index in [0.29, 0.717) is 17.9 Å². The number of non-ortho nitro benzene ring substituents is 1. The van der Waals surface area contributed by atoms with Crippen LogP contribution in [0.25, 0.3) is 0 Å². The highest BCUT2D eigenvalue weighted by Crippen LogP contribution is 2.31. The molecule has 0 saturated heterocycles. The molecule has 2 aromatic rings. The van der Waals surface area contributed by atoms with Crippen molar-refractivity contribution in [2.24, 2.45) is 5.10 Å². The first-order valence-corrected chi connectivity index (χ1v) is 8.15. The fourth-order valence-electron chi connectivity index (χ4n) is 2.24. The molecule has 2 aromatic carbocycles. The summed E-state index contributed by atoms with van der Waals surface area (Å²) in [6.07, 6.45) is 1.25. The van der Waals surface area contributed by atoms with E-state index in [1.807, 2.05) is 0 Å². The lowest BCUT2D eigenvalue weighted by atomic mass is 10.2. The smallest absolute Gasteiger partial charge is 0.341 e. The average Bonchev–Trinajstić information content (AvgIpc) is 2.67. The van der Waals surface area contributed by atoms with Crippen molar-refractivity contribution in [2.45, 2.75) is 6.92 Å². The van der Waals surface area contributed by atoms with Crippen LogP contribution in [-0.4, -0.2) is 40.4 Å². The third-order valence-corrected chi connectivity index (χ3v) is 3.43. The predicted molar refractivity (Wildman–Crippen MR) is 102 cm³/mol. The van der Waals surface area contributed by atoms with Crippen LogP contribution in [0.15, 0.2) is 41.5 Å². The number of nitro groups is 2. The van der Waals surface area contributed by atoms with Crippen molar-refractivity contribution in [3.8, 4) is 11.5 Å². The first-order valence-electron chi connectivity index (χ1n) is 8.15. The van der Waals surface area contributed by atoms with Crippen molar-refractivity contribution in [3.05, 3.63) is 62.2 Å². The van der Waals surface area contributed by atoms with Crippen molar-refractivity contribution < 1.29 is 29.2 Å². The van der Waals surface area contributed by atoms with Crippen LogP contribution >= 0.6 is 0 Å². The van der Waals surface area contributed by atoms with Gasteiger partial charge in [-0.05, 0) is 25.1 Å². The number of hydrogen-bond acceptors (Lipinski definition) is 9. The van der Waals surface area contributed by atoms with Gasteiger partial charge in [-0.25, -0.2) is 4.79 Å². The van der Waals surface area contributed by atoms with Gasteiger partial charge in [0.15, 0.2) is 18.1 Å². The Kier molecular flexibility index (Phi) is 7.01. The number of para-hydroxylation sites is 1. The molecule has 0 amide bonds. The van der Waals surface area contributed by atoms with E-state index in [0.717, 1.165) is 18.2 Å². The van der Waals surface area contributed by atoms with Gasteiger partial charge in [0.1, 0.15) is 5.69 Å². The van der Waals surface area contributed by atoms with Crippen LogP contribution in [0.4, 0.5) is 17.1 Å². The van der Waals surface area contributed by atoms with Gasteiger partial charge >= 0.3 is 11.7 Å². The van der Waals surface area contributed by atoms with E-state index in [1.54, 1.807) is 25.1 Å². The summed E-state index contributed by atoms with van der Waals surface area (Å²) >= 11 is 0. The second-order valence-corrected chi connectivity index (χ2v) is 5.38. The number of carboxylic acid groups (broad SMARTS) is 1. The minimum atomic E-state index is -1.18. The lowest BCUT2D eigenvalue weighted by molar-refractivity contribution is -0.393. The lowest BCUT2D eigenvalue weighted by Crippen LogP contribution is -2.11. The summed E-state index contributed by atoms with van der Waals surface area (Å²) in [5.41, 5.74) is 1.78. The molecule has 0 aliphatic carbocycles. The summed E-state index contributed by atoms with van der Waals surface area (Å²) in [6, 6.07) is 7.87. The molecular weight excluding hydrogens is 388 g/mol. The normalized spacial score (nSPS) is 10.5. The van der Waals surface area contributed by atoms with Gasteiger partial charge in [0, 0.05) is 11.6 Å². The van der Waals surface area contributed by atoms with E-state index in [2.05, 4.69) is 10.5 Å². The number of aliphatic carboxylic acids is 1. The predicted octanol–water partition coefficient (Wildman–Crippen LogP) is 2.81.